The van der Waals surface area contributed by atoms with Gasteiger partial charge in [-0.05, 0) is 30.6 Å². The molecule has 0 aliphatic carbocycles. The minimum Gasteiger partial charge on any atom is -0.495 e. The van der Waals surface area contributed by atoms with Gasteiger partial charge >= 0.3 is 0 Å². The van der Waals surface area contributed by atoms with Crippen molar-refractivity contribution in [2.45, 2.75) is 18.9 Å². The van der Waals surface area contributed by atoms with Gasteiger partial charge in [-0.15, -0.1) is 0 Å². The zero-order valence-corrected chi connectivity index (χ0v) is 14.8. The third-order valence-electron chi connectivity index (χ3n) is 4.11. The highest BCUT2D eigenvalue weighted by Gasteiger charge is 2.36. The molecular weight excluding hydrogens is 328 g/mol. The van der Waals surface area contributed by atoms with Gasteiger partial charge in [0, 0.05) is 13.0 Å². The van der Waals surface area contributed by atoms with E-state index in [2.05, 4.69) is 5.32 Å². The number of hydrogen-bond donors (Lipinski definition) is 2. The van der Waals surface area contributed by atoms with Crippen molar-refractivity contribution in [1.29, 1.82) is 0 Å². The lowest BCUT2D eigenvalue weighted by Crippen LogP contribution is -2.42. The Bertz CT molecular complexity index is 581. The highest BCUT2D eigenvalue weighted by molar-refractivity contribution is 7.98. The Kier molecular flexibility index (Phi) is 6.93. The fraction of sp³-hybridized carbons (Fsp3) is 0.529. The first-order valence-electron chi connectivity index (χ1n) is 7.94. The molecular formula is C17H24N2O4S. The fourth-order valence-corrected chi connectivity index (χ4v) is 3.28. The maximum absolute atomic E-state index is 12.4. The van der Waals surface area contributed by atoms with Gasteiger partial charge in [0.05, 0.1) is 31.4 Å². The number of nitrogens with zero attached hydrogens (tertiary/aromatic N) is 1. The third-order valence-corrected chi connectivity index (χ3v) is 4.75. The average Bonchev–Trinajstić information content (AvgIpc) is 3.00. The molecule has 7 heteroatoms. The number of hydrogen-bond acceptors (Lipinski definition) is 5. The van der Waals surface area contributed by atoms with E-state index >= 15 is 0 Å². The van der Waals surface area contributed by atoms with E-state index in [1.54, 1.807) is 29.8 Å². The number of ether oxygens (including phenoxy) is 1. The first-order chi connectivity index (χ1) is 11.6. The zero-order chi connectivity index (χ0) is 17.5. The van der Waals surface area contributed by atoms with Gasteiger partial charge in [0.15, 0.2) is 0 Å². The molecule has 1 aromatic rings. The summed E-state index contributed by atoms with van der Waals surface area (Å²) in [4.78, 5) is 26.3. The number of carbonyl (C=O) groups is 2. The van der Waals surface area contributed by atoms with Gasteiger partial charge in [-0.3, -0.25) is 9.59 Å². The van der Waals surface area contributed by atoms with Crippen LogP contribution in [-0.2, 0) is 9.59 Å². The Morgan fingerprint density at radius 1 is 1.50 bits per heavy atom. The van der Waals surface area contributed by atoms with Crippen molar-refractivity contribution in [3.8, 4) is 5.75 Å². The fourth-order valence-electron chi connectivity index (χ4n) is 2.76. The van der Waals surface area contributed by atoms with Crippen LogP contribution in [0, 0.1) is 5.92 Å². The van der Waals surface area contributed by atoms with Crippen molar-refractivity contribution in [2.75, 3.05) is 37.2 Å². The Labute approximate surface area is 146 Å². The van der Waals surface area contributed by atoms with Crippen LogP contribution in [0.5, 0.6) is 5.75 Å². The first-order valence-corrected chi connectivity index (χ1v) is 9.33. The number of amides is 2. The van der Waals surface area contributed by atoms with E-state index in [0.717, 1.165) is 5.75 Å². The molecule has 24 heavy (non-hydrogen) atoms. The summed E-state index contributed by atoms with van der Waals surface area (Å²) in [6.07, 6.45) is 2.86. The Morgan fingerprint density at radius 2 is 2.25 bits per heavy atom. The highest BCUT2D eigenvalue weighted by atomic mass is 32.2. The van der Waals surface area contributed by atoms with Crippen LogP contribution in [0.3, 0.4) is 0 Å². The van der Waals surface area contributed by atoms with Crippen LogP contribution in [-0.4, -0.2) is 55.2 Å². The van der Waals surface area contributed by atoms with Crippen LogP contribution in [0.1, 0.15) is 12.8 Å². The topological polar surface area (TPSA) is 78.9 Å². The number of para-hydroxylation sites is 2. The van der Waals surface area contributed by atoms with E-state index in [9.17, 15) is 14.7 Å². The number of benzene rings is 1. The third kappa shape index (κ3) is 4.42. The number of anilines is 1. The van der Waals surface area contributed by atoms with Gasteiger partial charge in [0.1, 0.15) is 5.75 Å². The van der Waals surface area contributed by atoms with Crippen molar-refractivity contribution in [3.05, 3.63) is 24.3 Å². The summed E-state index contributed by atoms with van der Waals surface area (Å²) in [5.41, 5.74) is 0.682. The molecule has 1 aromatic carbocycles. The molecule has 0 aromatic heterocycles. The molecule has 6 nitrogen and oxygen atoms in total. The molecule has 0 saturated carbocycles. The van der Waals surface area contributed by atoms with Crippen LogP contribution in [0.25, 0.3) is 0 Å². The summed E-state index contributed by atoms with van der Waals surface area (Å²) in [6, 6.07) is 7.01. The molecule has 0 bridgehead atoms. The van der Waals surface area contributed by atoms with E-state index in [4.69, 9.17) is 4.74 Å². The maximum atomic E-state index is 12.4. The maximum Gasteiger partial charge on any atom is 0.227 e. The number of thioether (sulfide) groups is 1. The van der Waals surface area contributed by atoms with Crippen molar-refractivity contribution in [2.24, 2.45) is 5.92 Å². The molecule has 1 saturated heterocycles. The Balaban J connectivity index is 2.02. The SMILES string of the molecule is COc1ccccc1N1CC(C(=O)NC(CO)CCSC)CC1=O. The van der Waals surface area contributed by atoms with Crippen LogP contribution < -0.4 is 15.0 Å². The Hall–Kier alpha value is -1.73. The van der Waals surface area contributed by atoms with E-state index in [1.165, 1.54) is 0 Å². The first kappa shape index (κ1) is 18.6. The summed E-state index contributed by atoms with van der Waals surface area (Å²) in [6.45, 7) is 0.231. The lowest BCUT2D eigenvalue weighted by Gasteiger charge is -2.20. The molecule has 1 heterocycles. The second kappa shape index (κ2) is 8.94. The molecule has 2 rings (SSSR count). The largest absolute Gasteiger partial charge is 0.495 e. The number of rotatable bonds is 8. The van der Waals surface area contributed by atoms with Gasteiger partial charge in [-0.25, -0.2) is 0 Å². The molecule has 2 unspecified atom stereocenters. The Morgan fingerprint density at radius 3 is 2.92 bits per heavy atom. The van der Waals surface area contributed by atoms with Gasteiger partial charge in [-0.2, -0.15) is 11.8 Å². The summed E-state index contributed by atoms with van der Waals surface area (Å²) < 4.78 is 5.30. The van der Waals surface area contributed by atoms with Crippen LogP contribution in [0.4, 0.5) is 5.69 Å². The molecule has 132 valence electrons. The van der Waals surface area contributed by atoms with Crippen molar-refractivity contribution in [3.63, 3.8) is 0 Å². The number of aliphatic hydroxyl groups excluding tert-OH is 1. The van der Waals surface area contributed by atoms with Gasteiger partial charge in [-0.1, -0.05) is 12.1 Å². The minimum absolute atomic E-state index is 0.0932. The smallest absolute Gasteiger partial charge is 0.227 e. The van der Waals surface area contributed by atoms with E-state index in [-0.39, 0.29) is 30.9 Å². The lowest BCUT2D eigenvalue weighted by atomic mass is 10.1. The molecule has 2 atom stereocenters. The van der Waals surface area contributed by atoms with Crippen molar-refractivity contribution < 1.29 is 19.4 Å². The standard InChI is InChI=1S/C17H24N2O4S/c1-23-15-6-4-3-5-14(15)19-10-12(9-16(19)21)17(22)18-13(11-20)7-8-24-2/h3-6,12-13,20H,7-11H2,1-2H3,(H,18,22). The van der Waals surface area contributed by atoms with Crippen molar-refractivity contribution >= 4 is 29.3 Å². The summed E-state index contributed by atoms with van der Waals surface area (Å²) in [7, 11) is 1.56. The number of methoxy groups -OCH3 is 1. The summed E-state index contributed by atoms with van der Waals surface area (Å²) in [5.74, 6) is 0.790. The molecule has 0 radical (unpaired) electrons. The molecule has 1 fully saturated rings. The minimum atomic E-state index is -0.411. The van der Waals surface area contributed by atoms with E-state index in [0.29, 0.717) is 24.4 Å². The lowest BCUT2D eigenvalue weighted by molar-refractivity contribution is -0.127. The number of nitrogens with one attached hydrogen (secondary N) is 1. The van der Waals surface area contributed by atoms with E-state index < -0.39 is 5.92 Å². The number of aliphatic hydroxyl groups is 1. The van der Waals surface area contributed by atoms with Crippen LogP contribution >= 0.6 is 11.8 Å². The molecule has 2 N–H and O–H groups in total. The van der Waals surface area contributed by atoms with Gasteiger partial charge < -0.3 is 20.1 Å². The van der Waals surface area contributed by atoms with E-state index in [1.807, 2.05) is 24.5 Å². The second-order valence-electron chi connectivity index (χ2n) is 5.75. The summed E-state index contributed by atoms with van der Waals surface area (Å²) in [5, 5.41) is 12.2. The van der Waals surface area contributed by atoms with Crippen LogP contribution in [0.2, 0.25) is 0 Å². The molecule has 1 aliphatic rings. The quantitative estimate of drug-likeness (QED) is 0.737. The second-order valence-corrected chi connectivity index (χ2v) is 6.73. The average molecular weight is 352 g/mol. The molecule has 2 amide bonds. The number of carbonyl (C=O) groups excluding carboxylic acids is 2. The van der Waals surface area contributed by atoms with Gasteiger partial charge in [0.2, 0.25) is 11.8 Å². The zero-order valence-electron chi connectivity index (χ0n) is 14.0. The normalized spacial score (nSPS) is 18.5. The predicted octanol–water partition coefficient (Wildman–Crippen LogP) is 1.28. The van der Waals surface area contributed by atoms with Crippen molar-refractivity contribution in [1.82, 2.24) is 5.32 Å². The highest BCUT2D eigenvalue weighted by Crippen LogP contribution is 2.32. The van der Waals surface area contributed by atoms with Gasteiger partial charge in [0.25, 0.3) is 0 Å². The monoisotopic (exact) mass is 352 g/mol. The van der Waals surface area contributed by atoms with Crippen LogP contribution in [0.15, 0.2) is 24.3 Å². The molecule has 1 aliphatic heterocycles. The predicted molar refractivity (Wildman–Crippen MR) is 95.5 cm³/mol. The molecule has 0 spiro atoms. The summed E-state index contributed by atoms with van der Waals surface area (Å²) >= 11 is 1.67.